The van der Waals surface area contributed by atoms with E-state index >= 15 is 0 Å². The summed E-state index contributed by atoms with van der Waals surface area (Å²) in [5, 5.41) is 4.72. The van der Waals surface area contributed by atoms with E-state index in [2.05, 4.69) is 50.1 Å². The molecule has 0 fully saturated rings. The van der Waals surface area contributed by atoms with Gasteiger partial charge in [-0.05, 0) is 57.4 Å². The molecule has 3 rings (SSSR count). The van der Waals surface area contributed by atoms with Gasteiger partial charge >= 0.3 is 0 Å². The standard InChI is InChI=1S/C21H29N3O/c1-6-8-16-14-19(22-24(16)5)17-11-12-20-18(21(17)25-13-7-2)10-9-15(3)23(20)4/h6,8,11-12,14-15H,7,9-10,13H2,1-5H3/b8-6-. The lowest BCUT2D eigenvalue weighted by atomic mass is 9.93. The van der Waals surface area contributed by atoms with Crippen molar-refractivity contribution >= 4 is 11.8 Å². The molecule has 134 valence electrons. The molecule has 1 aliphatic rings. The zero-order valence-electron chi connectivity index (χ0n) is 16.0. The van der Waals surface area contributed by atoms with E-state index in [1.165, 1.54) is 11.3 Å². The first kappa shape index (κ1) is 17.6. The summed E-state index contributed by atoms with van der Waals surface area (Å²) in [6.07, 6.45) is 7.33. The van der Waals surface area contributed by atoms with Gasteiger partial charge in [-0.1, -0.05) is 13.0 Å². The van der Waals surface area contributed by atoms with E-state index in [1.54, 1.807) is 0 Å². The smallest absolute Gasteiger partial charge is 0.134 e. The van der Waals surface area contributed by atoms with Gasteiger partial charge in [-0.3, -0.25) is 4.68 Å². The summed E-state index contributed by atoms with van der Waals surface area (Å²) < 4.78 is 8.16. The number of hydrogen-bond donors (Lipinski definition) is 0. The normalized spacial score (nSPS) is 17.2. The predicted octanol–water partition coefficient (Wildman–Crippen LogP) is 4.68. The fourth-order valence-corrected chi connectivity index (χ4v) is 3.48. The molecule has 2 heterocycles. The van der Waals surface area contributed by atoms with E-state index in [-0.39, 0.29) is 0 Å². The Morgan fingerprint density at radius 3 is 2.84 bits per heavy atom. The molecule has 0 N–H and O–H groups in total. The maximum Gasteiger partial charge on any atom is 0.134 e. The van der Waals surface area contributed by atoms with Crippen molar-refractivity contribution in [3.8, 4) is 17.0 Å². The van der Waals surface area contributed by atoms with E-state index in [0.717, 1.165) is 48.6 Å². The molecular weight excluding hydrogens is 310 g/mol. The van der Waals surface area contributed by atoms with E-state index in [9.17, 15) is 0 Å². The van der Waals surface area contributed by atoms with Gasteiger partial charge in [0.15, 0.2) is 0 Å². The number of aryl methyl sites for hydroxylation is 1. The molecule has 0 amide bonds. The van der Waals surface area contributed by atoms with E-state index in [0.29, 0.717) is 6.04 Å². The second-order valence-corrected chi connectivity index (χ2v) is 6.87. The molecule has 4 nitrogen and oxygen atoms in total. The lowest BCUT2D eigenvalue weighted by molar-refractivity contribution is 0.314. The Labute approximate surface area is 151 Å². The van der Waals surface area contributed by atoms with Gasteiger partial charge in [-0.25, -0.2) is 0 Å². The average molecular weight is 339 g/mol. The van der Waals surface area contributed by atoms with Crippen LogP contribution in [0.2, 0.25) is 0 Å². The summed E-state index contributed by atoms with van der Waals surface area (Å²) >= 11 is 0. The van der Waals surface area contributed by atoms with Crippen molar-refractivity contribution in [2.75, 3.05) is 18.6 Å². The van der Waals surface area contributed by atoms with Crippen molar-refractivity contribution in [1.29, 1.82) is 0 Å². The Bertz CT molecular complexity index is 776. The Morgan fingerprint density at radius 2 is 2.12 bits per heavy atom. The molecule has 0 saturated carbocycles. The van der Waals surface area contributed by atoms with E-state index < -0.39 is 0 Å². The molecule has 1 aromatic heterocycles. The van der Waals surface area contributed by atoms with Crippen LogP contribution in [0.4, 0.5) is 5.69 Å². The molecule has 4 heteroatoms. The highest BCUT2D eigenvalue weighted by molar-refractivity contribution is 5.77. The molecule has 1 unspecified atom stereocenters. The van der Waals surface area contributed by atoms with Gasteiger partial charge < -0.3 is 9.64 Å². The molecule has 0 saturated heterocycles. The third-order valence-electron chi connectivity index (χ3n) is 5.07. The van der Waals surface area contributed by atoms with Crippen molar-refractivity contribution in [1.82, 2.24) is 9.78 Å². The lowest BCUT2D eigenvalue weighted by Gasteiger charge is -2.35. The zero-order chi connectivity index (χ0) is 18.0. The molecule has 1 aromatic carbocycles. The molecular formula is C21H29N3O. The first-order chi connectivity index (χ1) is 12.1. The highest BCUT2D eigenvalue weighted by Crippen LogP contribution is 2.42. The van der Waals surface area contributed by atoms with Crippen LogP contribution in [0, 0.1) is 0 Å². The van der Waals surface area contributed by atoms with Gasteiger partial charge in [-0.2, -0.15) is 5.10 Å². The summed E-state index contributed by atoms with van der Waals surface area (Å²) in [4.78, 5) is 2.37. The van der Waals surface area contributed by atoms with Crippen LogP contribution in [-0.4, -0.2) is 29.5 Å². The third kappa shape index (κ3) is 3.30. The van der Waals surface area contributed by atoms with Crippen LogP contribution in [0.25, 0.3) is 17.3 Å². The number of rotatable bonds is 5. The van der Waals surface area contributed by atoms with E-state index in [1.807, 2.05) is 24.7 Å². The largest absolute Gasteiger partial charge is 0.493 e. The quantitative estimate of drug-likeness (QED) is 0.792. The van der Waals surface area contributed by atoms with E-state index in [4.69, 9.17) is 9.84 Å². The summed E-state index contributed by atoms with van der Waals surface area (Å²) in [5.41, 5.74) is 5.79. The van der Waals surface area contributed by atoms with Gasteiger partial charge in [0.05, 0.1) is 18.0 Å². The summed E-state index contributed by atoms with van der Waals surface area (Å²) in [7, 11) is 4.16. The van der Waals surface area contributed by atoms with Crippen molar-refractivity contribution in [3.63, 3.8) is 0 Å². The first-order valence-electron chi connectivity index (χ1n) is 9.25. The summed E-state index contributed by atoms with van der Waals surface area (Å²) in [6.45, 7) is 7.19. The van der Waals surface area contributed by atoms with Crippen LogP contribution in [0.3, 0.4) is 0 Å². The molecule has 0 bridgehead atoms. The number of anilines is 1. The van der Waals surface area contributed by atoms with Crippen LogP contribution in [-0.2, 0) is 13.5 Å². The zero-order valence-corrected chi connectivity index (χ0v) is 16.0. The Morgan fingerprint density at radius 1 is 1.32 bits per heavy atom. The van der Waals surface area contributed by atoms with Crippen molar-refractivity contribution in [2.24, 2.45) is 7.05 Å². The van der Waals surface area contributed by atoms with Gasteiger partial charge in [-0.15, -0.1) is 0 Å². The second kappa shape index (κ2) is 7.34. The van der Waals surface area contributed by atoms with Gasteiger partial charge in [0, 0.05) is 37.0 Å². The molecule has 1 aliphatic heterocycles. The Hall–Kier alpha value is -2.23. The fourth-order valence-electron chi connectivity index (χ4n) is 3.48. The number of hydrogen-bond acceptors (Lipinski definition) is 3. The van der Waals surface area contributed by atoms with Crippen LogP contribution >= 0.6 is 0 Å². The average Bonchev–Trinajstić information content (AvgIpc) is 2.97. The molecule has 2 aromatic rings. The molecule has 0 aliphatic carbocycles. The van der Waals surface area contributed by atoms with Crippen molar-refractivity contribution in [2.45, 2.75) is 46.1 Å². The molecule has 0 spiro atoms. The fraction of sp³-hybridized carbons (Fsp3) is 0.476. The predicted molar refractivity (Wildman–Crippen MR) is 105 cm³/mol. The molecule has 25 heavy (non-hydrogen) atoms. The number of aromatic nitrogens is 2. The summed E-state index contributed by atoms with van der Waals surface area (Å²) in [6, 6.07) is 7.09. The monoisotopic (exact) mass is 339 g/mol. The van der Waals surface area contributed by atoms with Crippen LogP contribution in [0.15, 0.2) is 24.3 Å². The number of fused-ring (bicyclic) bond motifs is 1. The lowest BCUT2D eigenvalue weighted by Crippen LogP contribution is -2.33. The minimum atomic E-state index is 0.563. The van der Waals surface area contributed by atoms with Gasteiger partial charge in [0.25, 0.3) is 0 Å². The Balaban J connectivity index is 2.11. The SMILES string of the molecule is C/C=C\c1cc(-c2ccc3c(c2OCCC)CCC(C)N3C)nn1C. The minimum Gasteiger partial charge on any atom is -0.493 e. The van der Waals surface area contributed by atoms with Crippen LogP contribution in [0.1, 0.15) is 44.9 Å². The minimum absolute atomic E-state index is 0.563. The Kier molecular flexibility index (Phi) is 5.16. The van der Waals surface area contributed by atoms with Crippen LogP contribution in [0.5, 0.6) is 5.75 Å². The van der Waals surface area contributed by atoms with Gasteiger partial charge in [0.1, 0.15) is 5.75 Å². The number of nitrogens with zero attached hydrogens (tertiary/aromatic N) is 3. The molecule has 1 atom stereocenters. The van der Waals surface area contributed by atoms with Crippen molar-refractivity contribution in [3.05, 3.63) is 35.5 Å². The highest BCUT2D eigenvalue weighted by atomic mass is 16.5. The maximum atomic E-state index is 6.24. The van der Waals surface area contributed by atoms with Crippen molar-refractivity contribution < 1.29 is 4.74 Å². The second-order valence-electron chi connectivity index (χ2n) is 6.87. The molecule has 0 radical (unpaired) electrons. The first-order valence-corrected chi connectivity index (χ1v) is 9.25. The number of allylic oxidation sites excluding steroid dienone is 1. The number of ether oxygens (including phenoxy) is 1. The highest BCUT2D eigenvalue weighted by Gasteiger charge is 2.26. The van der Waals surface area contributed by atoms with Crippen LogP contribution < -0.4 is 9.64 Å². The third-order valence-corrected chi connectivity index (χ3v) is 5.07. The summed E-state index contributed by atoms with van der Waals surface area (Å²) in [5.74, 6) is 1.02. The number of benzene rings is 1. The van der Waals surface area contributed by atoms with Gasteiger partial charge in [0.2, 0.25) is 0 Å². The topological polar surface area (TPSA) is 30.3 Å². The maximum absolute atomic E-state index is 6.24.